The highest BCUT2D eigenvalue weighted by Crippen LogP contribution is 2.33. The molecular weight excluding hydrogens is 258 g/mol. The van der Waals surface area contributed by atoms with Crippen LogP contribution in [0.15, 0.2) is 24.3 Å². The molecule has 0 saturated carbocycles. The molecule has 1 heterocycles. The molecule has 1 aliphatic heterocycles. The zero-order chi connectivity index (χ0) is 15.5. The van der Waals surface area contributed by atoms with E-state index in [1.54, 1.807) is 0 Å². The molecule has 0 bridgehead atoms. The molecule has 118 valence electrons. The standard InChI is InChI=1S/C19H31NO/c1-6-19(4,5)16-10-8-15(9-11-16)17(20-7-2)18-14(3)12-13-21-18/h8-11,14,17-18,20H,6-7,12-13H2,1-5H3. The maximum absolute atomic E-state index is 5.99. The third-order valence-electron chi connectivity index (χ3n) is 5.13. The Kier molecular flexibility index (Phi) is 5.45. The third kappa shape index (κ3) is 3.67. The second kappa shape index (κ2) is 6.93. The molecule has 3 unspecified atom stereocenters. The Hall–Kier alpha value is -0.860. The topological polar surface area (TPSA) is 21.3 Å². The average molecular weight is 289 g/mol. The first-order valence-electron chi connectivity index (χ1n) is 8.45. The van der Waals surface area contributed by atoms with Crippen molar-refractivity contribution in [2.24, 2.45) is 5.92 Å². The van der Waals surface area contributed by atoms with Gasteiger partial charge in [0.2, 0.25) is 0 Å². The minimum atomic E-state index is 0.253. The van der Waals surface area contributed by atoms with E-state index in [4.69, 9.17) is 4.74 Å². The first-order valence-corrected chi connectivity index (χ1v) is 8.45. The highest BCUT2D eigenvalue weighted by molar-refractivity contribution is 5.30. The Bertz CT molecular complexity index is 437. The molecule has 0 spiro atoms. The first-order chi connectivity index (χ1) is 9.99. The van der Waals surface area contributed by atoms with Crippen LogP contribution in [-0.4, -0.2) is 19.3 Å². The van der Waals surface area contributed by atoms with Crippen LogP contribution in [0.3, 0.4) is 0 Å². The van der Waals surface area contributed by atoms with Gasteiger partial charge in [0.25, 0.3) is 0 Å². The van der Waals surface area contributed by atoms with E-state index < -0.39 is 0 Å². The van der Waals surface area contributed by atoms with Crippen molar-refractivity contribution in [2.45, 2.75) is 65.0 Å². The van der Waals surface area contributed by atoms with Crippen molar-refractivity contribution in [3.05, 3.63) is 35.4 Å². The summed E-state index contributed by atoms with van der Waals surface area (Å²) in [5, 5.41) is 3.62. The van der Waals surface area contributed by atoms with Gasteiger partial charge in [-0.3, -0.25) is 0 Å². The second-order valence-electron chi connectivity index (χ2n) is 7.00. The predicted octanol–water partition coefficient (Wildman–Crippen LogP) is 4.45. The van der Waals surface area contributed by atoms with Gasteiger partial charge < -0.3 is 10.1 Å². The number of hydrogen-bond acceptors (Lipinski definition) is 2. The summed E-state index contributed by atoms with van der Waals surface area (Å²) >= 11 is 0. The van der Waals surface area contributed by atoms with E-state index in [1.807, 2.05) is 0 Å². The van der Waals surface area contributed by atoms with Crippen molar-refractivity contribution in [1.82, 2.24) is 5.32 Å². The Labute approximate surface area is 130 Å². The summed E-state index contributed by atoms with van der Waals surface area (Å²) < 4.78 is 5.99. The van der Waals surface area contributed by atoms with Gasteiger partial charge in [-0.1, -0.05) is 58.9 Å². The molecule has 0 aliphatic carbocycles. The van der Waals surface area contributed by atoms with Gasteiger partial charge in [0.1, 0.15) is 0 Å². The summed E-state index contributed by atoms with van der Waals surface area (Å²) in [5.41, 5.74) is 3.03. The lowest BCUT2D eigenvalue weighted by Gasteiger charge is -2.29. The molecule has 1 fully saturated rings. The molecule has 1 aromatic rings. The Balaban J connectivity index is 2.21. The molecule has 0 radical (unpaired) electrons. The Morgan fingerprint density at radius 3 is 2.38 bits per heavy atom. The number of nitrogens with one attached hydrogen (secondary N) is 1. The van der Waals surface area contributed by atoms with E-state index >= 15 is 0 Å². The largest absolute Gasteiger partial charge is 0.376 e. The van der Waals surface area contributed by atoms with E-state index in [2.05, 4.69) is 64.2 Å². The Morgan fingerprint density at radius 2 is 1.90 bits per heavy atom. The van der Waals surface area contributed by atoms with Gasteiger partial charge in [0.05, 0.1) is 12.1 Å². The summed E-state index contributed by atoms with van der Waals surface area (Å²) in [6, 6.07) is 9.47. The number of likely N-dealkylation sites (N-methyl/N-ethyl adjacent to an activating group) is 1. The van der Waals surface area contributed by atoms with E-state index in [0.717, 1.165) is 19.6 Å². The van der Waals surface area contributed by atoms with Crippen LogP contribution in [0.1, 0.15) is 64.6 Å². The molecule has 0 aromatic heterocycles. The van der Waals surface area contributed by atoms with Gasteiger partial charge in [0.15, 0.2) is 0 Å². The summed E-state index contributed by atoms with van der Waals surface area (Å²) in [7, 11) is 0. The maximum Gasteiger partial charge on any atom is 0.0795 e. The van der Waals surface area contributed by atoms with Crippen LogP contribution in [0.2, 0.25) is 0 Å². The number of ether oxygens (including phenoxy) is 1. The van der Waals surface area contributed by atoms with Gasteiger partial charge in [-0.05, 0) is 41.8 Å². The average Bonchev–Trinajstić information content (AvgIpc) is 2.91. The maximum atomic E-state index is 5.99. The fourth-order valence-corrected chi connectivity index (χ4v) is 3.13. The van der Waals surface area contributed by atoms with Crippen LogP contribution in [0.5, 0.6) is 0 Å². The molecule has 21 heavy (non-hydrogen) atoms. The minimum Gasteiger partial charge on any atom is -0.376 e. The first kappa shape index (κ1) is 16.5. The number of benzene rings is 1. The number of hydrogen-bond donors (Lipinski definition) is 1. The fourth-order valence-electron chi connectivity index (χ4n) is 3.13. The van der Waals surface area contributed by atoms with Crippen molar-refractivity contribution < 1.29 is 4.74 Å². The normalized spacial score (nSPS) is 24.2. The van der Waals surface area contributed by atoms with Gasteiger partial charge in [-0.25, -0.2) is 0 Å². The molecule has 1 aromatic carbocycles. The monoisotopic (exact) mass is 289 g/mol. The zero-order valence-corrected chi connectivity index (χ0v) is 14.3. The van der Waals surface area contributed by atoms with Crippen molar-refractivity contribution in [3.63, 3.8) is 0 Å². The molecule has 2 heteroatoms. The van der Waals surface area contributed by atoms with Gasteiger partial charge >= 0.3 is 0 Å². The second-order valence-corrected chi connectivity index (χ2v) is 7.00. The van der Waals surface area contributed by atoms with E-state index in [-0.39, 0.29) is 5.41 Å². The van der Waals surface area contributed by atoms with Crippen molar-refractivity contribution in [1.29, 1.82) is 0 Å². The molecule has 2 rings (SSSR count). The lowest BCUT2D eigenvalue weighted by Crippen LogP contribution is -2.34. The summed E-state index contributed by atoms with van der Waals surface area (Å²) in [4.78, 5) is 0. The highest BCUT2D eigenvalue weighted by atomic mass is 16.5. The van der Waals surface area contributed by atoms with Crippen LogP contribution in [0.25, 0.3) is 0 Å². The fraction of sp³-hybridized carbons (Fsp3) is 0.684. The highest BCUT2D eigenvalue weighted by Gasteiger charge is 2.32. The smallest absolute Gasteiger partial charge is 0.0795 e. The van der Waals surface area contributed by atoms with Crippen LogP contribution < -0.4 is 5.32 Å². The quantitative estimate of drug-likeness (QED) is 0.835. The molecule has 1 aliphatic rings. The van der Waals surface area contributed by atoms with Crippen molar-refractivity contribution in [3.8, 4) is 0 Å². The van der Waals surface area contributed by atoms with Gasteiger partial charge in [-0.2, -0.15) is 0 Å². The molecule has 1 saturated heterocycles. The van der Waals surface area contributed by atoms with Crippen LogP contribution >= 0.6 is 0 Å². The molecule has 0 amide bonds. The summed E-state index contributed by atoms with van der Waals surface area (Å²) in [6.45, 7) is 13.2. The van der Waals surface area contributed by atoms with Gasteiger partial charge in [-0.15, -0.1) is 0 Å². The van der Waals surface area contributed by atoms with Crippen LogP contribution in [0.4, 0.5) is 0 Å². The van der Waals surface area contributed by atoms with E-state index in [0.29, 0.717) is 18.1 Å². The molecule has 3 atom stereocenters. The van der Waals surface area contributed by atoms with Crippen molar-refractivity contribution in [2.75, 3.05) is 13.2 Å². The summed E-state index contributed by atoms with van der Waals surface area (Å²) in [6.07, 6.45) is 2.63. The molecule has 2 nitrogen and oxygen atoms in total. The third-order valence-corrected chi connectivity index (χ3v) is 5.13. The lowest BCUT2D eigenvalue weighted by atomic mass is 9.81. The number of rotatable bonds is 6. The predicted molar refractivity (Wildman–Crippen MR) is 89.7 cm³/mol. The van der Waals surface area contributed by atoms with Crippen molar-refractivity contribution >= 4 is 0 Å². The molecular formula is C19H31NO. The summed E-state index contributed by atoms with van der Waals surface area (Å²) in [5.74, 6) is 0.626. The SMILES string of the molecule is CCNC(c1ccc(C(C)(C)CC)cc1)C1OCCC1C. The zero-order valence-electron chi connectivity index (χ0n) is 14.3. The molecule has 1 N–H and O–H groups in total. The van der Waals surface area contributed by atoms with Gasteiger partial charge in [0, 0.05) is 6.61 Å². The van der Waals surface area contributed by atoms with Crippen LogP contribution in [-0.2, 0) is 10.2 Å². The lowest BCUT2D eigenvalue weighted by molar-refractivity contribution is 0.0612. The Morgan fingerprint density at radius 1 is 1.24 bits per heavy atom. The van der Waals surface area contributed by atoms with Crippen LogP contribution in [0, 0.1) is 5.92 Å². The minimum absolute atomic E-state index is 0.253. The van der Waals surface area contributed by atoms with E-state index in [9.17, 15) is 0 Å². The van der Waals surface area contributed by atoms with E-state index in [1.165, 1.54) is 17.5 Å².